The maximum atomic E-state index is 14.4. The summed E-state index contributed by atoms with van der Waals surface area (Å²) in [6.07, 6.45) is 20.2. The molecule has 3 saturated carbocycles. The normalized spacial score (nSPS) is 33.3. The standard InChI is InChI=1S/C29H41FO/c1-3-5-6-21-7-8-26-19-25(14-13-24(26)18-21)22-9-11-23(12-10-22)27-15-16-29(28(30)20-27)31-17-4-2/h3-4,15-16,20-26H,1-2,5-14,17-19H2. The first kappa shape index (κ1) is 22.6. The first-order valence-corrected chi connectivity index (χ1v) is 12.8. The van der Waals surface area contributed by atoms with Crippen LogP contribution < -0.4 is 4.74 Å². The molecule has 3 aliphatic carbocycles. The molecule has 0 aliphatic heterocycles. The molecule has 0 bridgehead atoms. The van der Waals surface area contributed by atoms with Gasteiger partial charge in [0.1, 0.15) is 6.61 Å². The van der Waals surface area contributed by atoms with Gasteiger partial charge in [0.2, 0.25) is 0 Å². The molecule has 0 saturated heterocycles. The van der Waals surface area contributed by atoms with Crippen LogP contribution in [0.4, 0.5) is 4.39 Å². The Balaban J connectivity index is 1.26. The van der Waals surface area contributed by atoms with Crippen molar-refractivity contribution in [3.8, 4) is 5.75 Å². The quantitative estimate of drug-likeness (QED) is 0.380. The Bertz CT molecular complexity index is 732. The molecular weight excluding hydrogens is 383 g/mol. The molecular formula is C29H41FO. The molecule has 3 fully saturated rings. The Labute approximate surface area is 189 Å². The second-order valence-corrected chi connectivity index (χ2v) is 10.5. The average Bonchev–Trinajstić information content (AvgIpc) is 2.81. The number of halogens is 1. The second kappa shape index (κ2) is 10.8. The summed E-state index contributed by atoms with van der Waals surface area (Å²) in [6, 6.07) is 5.58. The van der Waals surface area contributed by atoms with E-state index in [4.69, 9.17) is 4.74 Å². The zero-order chi connectivity index (χ0) is 21.6. The Hall–Kier alpha value is -1.57. The van der Waals surface area contributed by atoms with Crippen molar-refractivity contribution < 1.29 is 9.13 Å². The molecule has 1 aromatic carbocycles. The molecule has 4 rings (SSSR count). The van der Waals surface area contributed by atoms with Crippen LogP contribution in [0.25, 0.3) is 0 Å². The molecule has 2 heteroatoms. The minimum Gasteiger partial charge on any atom is -0.486 e. The van der Waals surface area contributed by atoms with E-state index >= 15 is 0 Å². The molecule has 170 valence electrons. The molecule has 0 spiro atoms. The Morgan fingerprint density at radius 2 is 1.52 bits per heavy atom. The number of hydrogen-bond donors (Lipinski definition) is 0. The third-order valence-electron chi connectivity index (χ3n) is 8.76. The largest absolute Gasteiger partial charge is 0.486 e. The van der Waals surface area contributed by atoms with Gasteiger partial charge in [-0.1, -0.05) is 31.2 Å². The lowest BCUT2D eigenvalue weighted by Gasteiger charge is -2.45. The fourth-order valence-electron chi connectivity index (χ4n) is 7.03. The zero-order valence-electron chi connectivity index (χ0n) is 19.2. The summed E-state index contributed by atoms with van der Waals surface area (Å²) < 4.78 is 19.8. The van der Waals surface area contributed by atoms with Gasteiger partial charge < -0.3 is 4.74 Å². The molecule has 0 radical (unpaired) electrons. The third-order valence-corrected chi connectivity index (χ3v) is 8.76. The number of ether oxygens (including phenoxy) is 1. The Morgan fingerprint density at radius 1 is 0.839 bits per heavy atom. The summed E-state index contributed by atoms with van der Waals surface area (Å²) in [4.78, 5) is 0. The van der Waals surface area contributed by atoms with Crippen molar-refractivity contribution in [3.63, 3.8) is 0 Å². The van der Waals surface area contributed by atoms with Gasteiger partial charge in [-0.2, -0.15) is 0 Å². The van der Waals surface area contributed by atoms with Crippen molar-refractivity contribution in [2.45, 2.75) is 83.0 Å². The smallest absolute Gasteiger partial charge is 0.165 e. The molecule has 4 unspecified atom stereocenters. The molecule has 0 amide bonds. The molecule has 31 heavy (non-hydrogen) atoms. The highest BCUT2D eigenvalue weighted by molar-refractivity contribution is 5.31. The van der Waals surface area contributed by atoms with Crippen molar-refractivity contribution >= 4 is 0 Å². The van der Waals surface area contributed by atoms with E-state index in [-0.39, 0.29) is 5.82 Å². The van der Waals surface area contributed by atoms with Crippen LogP contribution >= 0.6 is 0 Å². The van der Waals surface area contributed by atoms with E-state index < -0.39 is 0 Å². The van der Waals surface area contributed by atoms with Gasteiger partial charge in [-0.25, -0.2) is 4.39 Å². The summed E-state index contributed by atoms with van der Waals surface area (Å²) >= 11 is 0. The first-order valence-electron chi connectivity index (χ1n) is 12.8. The van der Waals surface area contributed by atoms with E-state index in [1.54, 1.807) is 18.2 Å². The molecule has 0 N–H and O–H groups in total. The van der Waals surface area contributed by atoms with Crippen LogP contribution in [0.2, 0.25) is 0 Å². The topological polar surface area (TPSA) is 9.23 Å². The van der Waals surface area contributed by atoms with Gasteiger partial charge in [0.25, 0.3) is 0 Å². The SMILES string of the molecule is C=CCCC1CCC2CC(C3CCC(c4ccc(OCC=C)c(F)c4)CC3)CCC2C1. The van der Waals surface area contributed by atoms with E-state index in [0.29, 0.717) is 18.3 Å². The fraction of sp³-hybridized carbons (Fsp3) is 0.655. The summed E-state index contributed by atoms with van der Waals surface area (Å²) in [5.41, 5.74) is 1.16. The lowest BCUT2D eigenvalue weighted by atomic mass is 9.60. The summed E-state index contributed by atoms with van der Waals surface area (Å²) in [5, 5.41) is 0. The van der Waals surface area contributed by atoms with Gasteiger partial charge in [0.15, 0.2) is 11.6 Å². The zero-order valence-corrected chi connectivity index (χ0v) is 19.2. The first-order chi connectivity index (χ1) is 15.2. The predicted molar refractivity (Wildman–Crippen MR) is 128 cm³/mol. The van der Waals surface area contributed by atoms with Crippen molar-refractivity contribution in [2.75, 3.05) is 6.61 Å². The maximum Gasteiger partial charge on any atom is 0.165 e. The van der Waals surface area contributed by atoms with Crippen LogP contribution in [0.5, 0.6) is 5.75 Å². The van der Waals surface area contributed by atoms with Crippen molar-refractivity contribution in [2.24, 2.45) is 29.6 Å². The van der Waals surface area contributed by atoms with Gasteiger partial charge in [-0.05, 0) is 124 Å². The maximum absolute atomic E-state index is 14.4. The monoisotopic (exact) mass is 424 g/mol. The number of fused-ring (bicyclic) bond motifs is 1. The Kier molecular flexibility index (Phi) is 7.91. The molecule has 4 atom stereocenters. The van der Waals surface area contributed by atoms with Crippen LogP contribution in [-0.2, 0) is 0 Å². The van der Waals surface area contributed by atoms with E-state index in [0.717, 1.165) is 35.2 Å². The minimum absolute atomic E-state index is 0.233. The second-order valence-electron chi connectivity index (χ2n) is 10.5. The fourth-order valence-corrected chi connectivity index (χ4v) is 7.03. The van der Waals surface area contributed by atoms with E-state index in [2.05, 4.69) is 25.3 Å². The van der Waals surface area contributed by atoms with Crippen molar-refractivity contribution in [1.29, 1.82) is 0 Å². The number of rotatable bonds is 8. The predicted octanol–water partition coefficient (Wildman–Crippen LogP) is 8.46. The van der Waals surface area contributed by atoms with Gasteiger partial charge in [-0.3, -0.25) is 0 Å². The van der Waals surface area contributed by atoms with Gasteiger partial charge in [-0.15, -0.1) is 6.58 Å². The molecule has 1 aromatic rings. The van der Waals surface area contributed by atoms with Crippen molar-refractivity contribution in [1.82, 2.24) is 0 Å². The van der Waals surface area contributed by atoms with E-state index in [1.165, 1.54) is 77.0 Å². The van der Waals surface area contributed by atoms with E-state index in [9.17, 15) is 4.39 Å². The highest BCUT2D eigenvalue weighted by Gasteiger charge is 2.38. The summed E-state index contributed by atoms with van der Waals surface area (Å²) in [7, 11) is 0. The highest BCUT2D eigenvalue weighted by atomic mass is 19.1. The van der Waals surface area contributed by atoms with Crippen molar-refractivity contribution in [3.05, 3.63) is 54.9 Å². The lowest BCUT2D eigenvalue weighted by Crippen LogP contribution is -2.34. The molecule has 0 heterocycles. The number of allylic oxidation sites excluding steroid dienone is 1. The van der Waals surface area contributed by atoms with Gasteiger partial charge in [0.05, 0.1) is 0 Å². The van der Waals surface area contributed by atoms with Crippen LogP contribution in [0, 0.1) is 35.4 Å². The third kappa shape index (κ3) is 5.62. The molecule has 0 aromatic heterocycles. The minimum atomic E-state index is -0.233. The van der Waals surface area contributed by atoms with Gasteiger partial charge in [0, 0.05) is 0 Å². The van der Waals surface area contributed by atoms with Crippen LogP contribution in [-0.4, -0.2) is 6.61 Å². The highest BCUT2D eigenvalue weighted by Crippen LogP contribution is 2.50. The van der Waals surface area contributed by atoms with Crippen LogP contribution in [0.1, 0.15) is 88.5 Å². The van der Waals surface area contributed by atoms with E-state index in [1.807, 2.05) is 0 Å². The summed E-state index contributed by atoms with van der Waals surface area (Å²) in [6.45, 7) is 7.88. The van der Waals surface area contributed by atoms with Crippen LogP contribution in [0.15, 0.2) is 43.5 Å². The number of benzene rings is 1. The van der Waals surface area contributed by atoms with Crippen LogP contribution in [0.3, 0.4) is 0 Å². The number of hydrogen-bond acceptors (Lipinski definition) is 1. The summed E-state index contributed by atoms with van der Waals surface area (Å²) in [5.74, 6) is 5.41. The lowest BCUT2D eigenvalue weighted by molar-refractivity contribution is 0.0621. The molecule has 1 nitrogen and oxygen atoms in total. The van der Waals surface area contributed by atoms with Gasteiger partial charge >= 0.3 is 0 Å². The molecule has 3 aliphatic rings. The average molecular weight is 425 g/mol. The Morgan fingerprint density at radius 3 is 2.23 bits per heavy atom.